The van der Waals surface area contributed by atoms with Crippen LogP contribution in [0.1, 0.15) is 5.56 Å². The summed E-state index contributed by atoms with van der Waals surface area (Å²) >= 11 is 6.37. The number of amides is 1. The molecule has 6 nitrogen and oxygen atoms in total. The van der Waals surface area contributed by atoms with Crippen LogP contribution in [0.4, 0.5) is 10.1 Å². The standard InChI is InChI=1S/C19H14FNO5S2/c1-25-15-7-11(5-6-14(15)26-10-17(22)23)8-16-18(24)21(19(27)28-16)13-4-2-3-12(20)9-13/h2-9H,10H2,1H3,(H,22,23)/b16-8+. The molecule has 1 amide bonds. The van der Waals surface area contributed by atoms with E-state index in [9.17, 15) is 14.0 Å². The normalized spacial score (nSPS) is 15.2. The van der Waals surface area contributed by atoms with Crippen LogP contribution < -0.4 is 14.4 Å². The molecule has 2 aromatic carbocycles. The van der Waals surface area contributed by atoms with E-state index in [1.807, 2.05) is 0 Å². The molecule has 0 atom stereocenters. The number of carboxylic acids is 1. The molecular weight excluding hydrogens is 405 g/mol. The number of halogens is 1. The molecule has 0 aromatic heterocycles. The van der Waals surface area contributed by atoms with Gasteiger partial charge in [0.25, 0.3) is 5.91 Å². The largest absolute Gasteiger partial charge is 0.493 e. The first-order valence-corrected chi connectivity index (χ1v) is 9.17. The van der Waals surface area contributed by atoms with E-state index in [-0.39, 0.29) is 11.7 Å². The number of carbonyl (C=O) groups excluding carboxylic acids is 1. The summed E-state index contributed by atoms with van der Waals surface area (Å²) in [6.45, 7) is -0.498. The Balaban J connectivity index is 1.86. The van der Waals surface area contributed by atoms with Crippen molar-refractivity contribution in [1.82, 2.24) is 0 Å². The average Bonchev–Trinajstić information content (AvgIpc) is 2.93. The van der Waals surface area contributed by atoms with Gasteiger partial charge in [0.2, 0.25) is 0 Å². The maximum Gasteiger partial charge on any atom is 0.341 e. The number of carbonyl (C=O) groups is 2. The molecule has 1 heterocycles. The second-order valence-corrected chi connectivity index (χ2v) is 7.27. The summed E-state index contributed by atoms with van der Waals surface area (Å²) in [6.07, 6.45) is 1.63. The highest BCUT2D eigenvalue weighted by atomic mass is 32.2. The number of aliphatic carboxylic acids is 1. The van der Waals surface area contributed by atoms with Gasteiger partial charge in [-0.15, -0.1) is 0 Å². The zero-order valence-electron chi connectivity index (χ0n) is 14.5. The molecule has 1 aliphatic rings. The van der Waals surface area contributed by atoms with Gasteiger partial charge in [0.05, 0.1) is 17.7 Å². The maximum absolute atomic E-state index is 13.5. The van der Waals surface area contributed by atoms with Gasteiger partial charge in [0, 0.05) is 0 Å². The topological polar surface area (TPSA) is 76.1 Å². The van der Waals surface area contributed by atoms with Crippen molar-refractivity contribution in [3.63, 3.8) is 0 Å². The van der Waals surface area contributed by atoms with Crippen molar-refractivity contribution in [2.75, 3.05) is 18.6 Å². The molecule has 1 fully saturated rings. The number of hydrogen-bond donors (Lipinski definition) is 1. The van der Waals surface area contributed by atoms with Crippen molar-refractivity contribution in [3.8, 4) is 11.5 Å². The number of benzene rings is 2. The van der Waals surface area contributed by atoms with Gasteiger partial charge in [-0.1, -0.05) is 36.1 Å². The van der Waals surface area contributed by atoms with E-state index in [1.165, 1.54) is 30.2 Å². The average molecular weight is 419 g/mol. The lowest BCUT2D eigenvalue weighted by Gasteiger charge is -2.14. The molecule has 0 radical (unpaired) electrons. The quantitative estimate of drug-likeness (QED) is 0.565. The molecule has 1 saturated heterocycles. The highest BCUT2D eigenvalue weighted by Gasteiger charge is 2.33. The van der Waals surface area contributed by atoms with Gasteiger partial charge in [-0.3, -0.25) is 9.69 Å². The Morgan fingerprint density at radius 2 is 2.07 bits per heavy atom. The van der Waals surface area contributed by atoms with Crippen LogP contribution in [0.5, 0.6) is 11.5 Å². The van der Waals surface area contributed by atoms with Crippen LogP contribution in [-0.2, 0) is 9.59 Å². The van der Waals surface area contributed by atoms with Crippen LogP contribution in [0.15, 0.2) is 47.4 Å². The van der Waals surface area contributed by atoms with Crippen molar-refractivity contribution in [2.24, 2.45) is 0 Å². The Bertz CT molecular complexity index is 992. The van der Waals surface area contributed by atoms with Gasteiger partial charge < -0.3 is 14.6 Å². The lowest BCUT2D eigenvalue weighted by atomic mass is 10.2. The Labute approximate surface area is 169 Å². The van der Waals surface area contributed by atoms with Gasteiger partial charge in [0.15, 0.2) is 22.4 Å². The van der Waals surface area contributed by atoms with Crippen molar-refractivity contribution in [1.29, 1.82) is 0 Å². The fourth-order valence-corrected chi connectivity index (χ4v) is 3.79. The SMILES string of the molecule is COc1cc(/C=C2/SC(=S)N(c3cccc(F)c3)C2=O)ccc1OCC(=O)O. The zero-order chi connectivity index (χ0) is 20.3. The van der Waals surface area contributed by atoms with Gasteiger partial charge in [-0.25, -0.2) is 9.18 Å². The summed E-state index contributed by atoms with van der Waals surface area (Å²) in [4.78, 5) is 25.0. The lowest BCUT2D eigenvalue weighted by molar-refractivity contribution is -0.139. The van der Waals surface area contributed by atoms with E-state index >= 15 is 0 Å². The number of thiocarbonyl (C=S) groups is 1. The summed E-state index contributed by atoms with van der Waals surface area (Å²) in [5.74, 6) is -1.32. The molecule has 1 aliphatic heterocycles. The first-order chi connectivity index (χ1) is 13.4. The second kappa shape index (κ2) is 8.41. The number of nitrogens with zero attached hydrogens (tertiary/aromatic N) is 1. The second-order valence-electron chi connectivity index (χ2n) is 5.59. The number of thioether (sulfide) groups is 1. The number of ether oxygens (including phenoxy) is 2. The minimum atomic E-state index is -1.10. The minimum absolute atomic E-state index is 0.273. The van der Waals surface area contributed by atoms with Crippen LogP contribution in [0.3, 0.4) is 0 Å². The van der Waals surface area contributed by atoms with Crippen LogP contribution in [0.25, 0.3) is 6.08 Å². The predicted molar refractivity (Wildman–Crippen MR) is 108 cm³/mol. The summed E-state index contributed by atoms with van der Waals surface area (Å²) in [7, 11) is 1.43. The Morgan fingerprint density at radius 3 is 2.75 bits per heavy atom. The third kappa shape index (κ3) is 4.32. The molecular formula is C19H14FNO5S2. The number of rotatable bonds is 6. The summed E-state index contributed by atoms with van der Waals surface area (Å²) in [6, 6.07) is 10.5. The van der Waals surface area contributed by atoms with Gasteiger partial charge in [-0.2, -0.15) is 0 Å². The van der Waals surface area contributed by atoms with Crippen molar-refractivity contribution >= 4 is 51.9 Å². The molecule has 0 aliphatic carbocycles. The molecule has 28 heavy (non-hydrogen) atoms. The number of anilines is 1. The Kier molecular flexibility index (Phi) is 5.96. The third-order valence-corrected chi connectivity index (χ3v) is 5.00. The molecule has 0 saturated carbocycles. The molecule has 0 spiro atoms. The lowest BCUT2D eigenvalue weighted by Crippen LogP contribution is -2.27. The van der Waals surface area contributed by atoms with E-state index < -0.39 is 18.4 Å². The predicted octanol–water partition coefficient (Wildman–Crippen LogP) is 3.70. The molecule has 0 bridgehead atoms. The number of carboxylic acid groups (broad SMARTS) is 1. The van der Waals surface area contributed by atoms with Crippen LogP contribution in [0.2, 0.25) is 0 Å². The van der Waals surface area contributed by atoms with E-state index in [0.717, 1.165) is 11.8 Å². The van der Waals surface area contributed by atoms with Gasteiger partial charge >= 0.3 is 5.97 Å². The Hall–Kier alpha value is -2.91. The zero-order valence-corrected chi connectivity index (χ0v) is 16.2. The van der Waals surface area contributed by atoms with Crippen LogP contribution >= 0.6 is 24.0 Å². The van der Waals surface area contributed by atoms with Gasteiger partial charge in [0.1, 0.15) is 5.82 Å². The first-order valence-electron chi connectivity index (χ1n) is 7.95. The number of hydrogen-bond acceptors (Lipinski definition) is 6. The summed E-state index contributed by atoms with van der Waals surface area (Å²) < 4.78 is 24.2. The smallest absolute Gasteiger partial charge is 0.341 e. The summed E-state index contributed by atoms with van der Waals surface area (Å²) in [5, 5.41) is 8.72. The van der Waals surface area contributed by atoms with E-state index in [0.29, 0.717) is 26.2 Å². The maximum atomic E-state index is 13.5. The van der Waals surface area contributed by atoms with E-state index in [1.54, 1.807) is 30.3 Å². The van der Waals surface area contributed by atoms with Crippen molar-refractivity contribution in [3.05, 3.63) is 58.8 Å². The molecule has 3 rings (SSSR count). The van der Waals surface area contributed by atoms with Gasteiger partial charge in [-0.05, 0) is 42.0 Å². The van der Waals surface area contributed by atoms with Crippen LogP contribution in [-0.4, -0.2) is 35.0 Å². The fraction of sp³-hybridized carbons (Fsp3) is 0.105. The molecule has 0 unspecified atom stereocenters. The third-order valence-electron chi connectivity index (χ3n) is 3.70. The number of methoxy groups -OCH3 is 1. The first kappa shape index (κ1) is 19.8. The fourth-order valence-electron chi connectivity index (χ4n) is 2.49. The molecule has 144 valence electrons. The van der Waals surface area contributed by atoms with Crippen LogP contribution in [0, 0.1) is 5.82 Å². The monoisotopic (exact) mass is 419 g/mol. The summed E-state index contributed by atoms with van der Waals surface area (Å²) in [5.41, 5.74) is 1.00. The highest BCUT2D eigenvalue weighted by Crippen LogP contribution is 2.37. The van der Waals surface area contributed by atoms with Crippen molar-refractivity contribution in [2.45, 2.75) is 0 Å². The van der Waals surface area contributed by atoms with E-state index in [4.69, 9.17) is 26.8 Å². The van der Waals surface area contributed by atoms with Crippen molar-refractivity contribution < 1.29 is 28.6 Å². The minimum Gasteiger partial charge on any atom is -0.493 e. The molecule has 2 aromatic rings. The highest BCUT2D eigenvalue weighted by molar-refractivity contribution is 8.27. The van der Waals surface area contributed by atoms with E-state index in [2.05, 4.69) is 0 Å². The molecule has 9 heteroatoms. The Morgan fingerprint density at radius 1 is 1.29 bits per heavy atom. The molecule has 1 N–H and O–H groups in total.